The zero-order chi connectivity index (χ0) is 20.4. The lowest BCUT2D eigenvalue weighted by Crippen LogP contribution is -2.29. The maximum Gasteiger partial charge on any atom is 0.312 e. The van der Waals surface area contributed by atoms with Crippen LogP contribution in [0.15, 0.2) is 36.4 Å². The van der Waals surface area contributed by atoms with Crippen LogP contribution in [-0.2, 0) is 9.53 Å². The molecule has 0 aromatic heterocycles. The van der Waals surface area contributed by atoms with E-state index < -0.39 is 29.7 Å². The zero-order valence-corrected chi connectivity index (χ0v) is 15.3. The van der Waals surface area contributed by atoms with Crippen LogP contribution in [0.5, 0.6) is 23.0 Å². The van der Waals surface area contributed by atoms with Crippen LogP contribution in [0.3, 0.4) is 0 Å². The van der Waals surface area contributed by atoms with Crippen molar-refractivity contribution < 1.29 is 39.1 Å². The first-order valence-corrected chi connectivity index (χ1v) is 8.50. The Kier molecular flexibility index (Phi) is 5.41. The van der Waals surface area contributed by atoms with Gasteiger partial charge in [0, 0.05) is 5.56 Å². The van der Waals surface area contributed by atoms with Crippen LogP contribution < -0.4 is 9.47 Å². The molecular weight excluding hydrogens is 368 g/mol. The topological polar surface area (TPSA) is 123 Å². The number of aliphatic hydroxyl groups is 1. The molecule has 1 heterocycles. The van der Waals surface area contributed by atoms with E-state index in [0.29, 0.717) is 5.56 Å². The summed E-state index contributed by atoms with van der Waals surface area (Å²) in [7, 11) is 2.72. The van der Waals surface area contributed by atoms with Gasteiger partial charge in [0.25, 0.3) is 0 Å². The monoisotopic (exact) mass is 388 g/mol. The summed E-state index contributed by atoms with van der Waals surface area (Å²) in [6, 6.07) is 8.28. The fourth-order valence-corrected chi connectivity index (χ4v) is 3.25. The van der Waals surface area contributed by atoms with Gasteiger partial charge >= 0.3 is 5.97 Å². The number of esters is 1. The van der Waals surface area contributed by atoms with Crippen LogP contribution >= 0.6 is 0 Å². The van der Waals surface area contributed by atoms with Crippen LogP contribution in [0.25, 0.3) is 0 Å². The second-order valence-electron chi connectivity index (χ2n) is 6.39. The molecule has 8 heteroatoms. The molecule has 0 saturated carbocycles. The lowest BCUT2D eigenvalue weighted by atomic mass is 9.82. The summed E-state index contributed by atoms with van der Waals surface area (Å²) in [5.41, 5.74) is 0.526. The number of rotatable bonds is 6. The minimum atomic E-state index is -1.34. The summed E-state index contributed by atoms with van der Waals surface area (Å²) in [5.74, 6) is -3.13. The van der Waals surface area contributed by atoms with Crippen molar-refractivity contribution in [3.63, 3.8) is 0 Å². The van der Waals surface area contributed by atoms with Crippen LogP contribution in [0, 0.1) is 11.8 Å². The van der Waals surface area contributed by atoms with E-state index in [2.05, 4.69) is 0 Å². The smallest absolute Gasteiger partial charge is 0.312 e. The predicted molar refractivity (Wildman–Crippen MR) is 96.5 cm³/mol. The number of cyclic esters (lactones) is 1. The zero-order valence-electron chi connectivity index (χ0n) is 15.3. The van der Waals surface area contributed by atoms with E-state index in [9.17, 15) is 24.9 Å². The highest BCUT2D eigenvalue weighted by molar-refractivity contribution is 6.01. The summed E-state index contributed by atoms with van der Waals surface area (Å²) in [5, 5.41) is 30.2. The molecule has 1 fully saturated rings. The average molecular weight is 388 g/mol. The van der Waals surface area contributed by atoms with Crippen LogP contribution in [0.2, 0.25) is 0 Å². The Bertz CT molecular complexity index is 907. The number of aliphatic hydroxyl groups excluding tert-OH is 1. The number of phenolic OH excluding ortho intramolecular Hbond substituents is 2. The lowest BCUT2D eigenvalue weighted by molar-refractivity contribution is -0.144. The normalized spacial score (nSPS) is 19.8. The third kappa shape index (κ3) is 3.46. The molecule has 1 aliphatic heterocycles. The van der Waals surface area contributed by atoms with E-state index in [4.69, 9.17) is 14.2 Å². The van der Waals surface area contributed by atoms with Crippen molar-refractivity contribution in [2.75, 3.05) is 20.8 Å². The van der Waals surface area contributed by atoms with E-state index in [1.165, 1.54) is 50.6 Å². The molecule has 1 saturated heterocycles. The van der Waals surface area contributed by atoms with Crippen molar-refractivity contribution in [2.45, 2.75) is 6.10 Å². The third-order valence-corrected chi connectivity index (χ3v) is 4.80. The highest BCUT2D eigenvalue weighted by atomic mass is 16.5. The highest BCUT2D eigenvalue weighted by Gasteiger charge is 2.46. The third-order valence-electron chi connectivity index (χ3n) is 4.80. The Balaban J connectivity index is 1.91. The molecule has 148 valence electrons. The van der Waals surface area contributed by atoms with E-state index >= 15 is 0 Å². The van der Waals surface area contributed by atoms with Gasteiger partial charge in [-0.2, -0.15) is 0 Å². The van der Waals surface area contributed by atoms with Gasteiger partial charge in [-0.1, -0.05) is 6.07 Å². The molecule has 3 atom stereocenters. The molecule has 0 radical (unpaired) electrons. The van der Waals surface area contributed by atoms with Gasteiger partial charge in [-0.05, 0) is 35.9 Å². The lowest BCUT2D eigenvalue weighted by Gasteiger charge is -2.21. The molecule has 2 aromatic rings. The number of methoxy groups -OCH3 is 2. The number of benzene rings is 2. The van der Waals surface area contributed by atoms with E-state index in [0.717, 1.165) is 0 Å². The van der Waals surface area contributed by atoms with Crippen molar-refractivity contribution in [1.29, 1.82) is 0 Å². The molecule has 0 bridgehead atoms. The van der Waals surface area contributed by atoms with Gasteiger partial charge < -0.3 is 29.5 Å². The Morgan fingerprint density at radius 1 is 1.07 bits per heavy atom. The largest absolute Gasteiger partial charge is 0.504 e. The van der Waals surface area contributed by atoms with E-state index in [1.807, 2.05) is 0 Å². The quantitative estimate of drug-likeness (QED) is 0.506. The van der Waals surface area contributed by atoms with Crippen molar-refractivity contribution >= 4 is 11.8 Å². The highest BCUT2D eigenvalue weighted by Crippen LogP contribution is 2.39. The maximum atomic E-state index is 13.0. The van der Waals surface area contributed by atoms with Crippen molar-refractivity contribution in [3.8, 4) is 23.0 Å². The second-order valence-corrected chi connectivity index (χ2v) is 6.39. The fraction of sp³-hybridized carbons (Fsp3) is 0.300. The van der Waals surface area contributed by atoms with Crippen molar-refractivity contribution in [2.24, 2.45) is 11.8 Å². The number of carbonyl (C=O) groups excluding carboxylic acids is 2. The van der Waals surface area contributed by atoms with E-state index in [-0.39, 0.29) is 35.2 Å². The van der Waals surface area contributed by atoms with Crippen LogP contribution in [-0.4, -0.2) is 47.9 Å². The molecule has 1 aliphatic rings. The van der Waals surface area contributed by atoms with Gasteiger partial charge in [-0.25, -0.2) is 0 Å². The molecule has 0 amide bonds. The van der Waals surface area contributed by atoms with Crippen LogP contribution in [0.1, 0.15) is 22.0 Å². The number of Topliss-reactive ketones (excluding diaryl/α,β-unsaturated/α-hetero) is 1. The summed E-state index contributed by atoms with van der Waals surface area (Å²) >= 11 is 0. The molecule has 2 aromatic carbocycles. The first-order valence-electron chi connectivity index (χ1n) is 8.50. The Morgan fingerprint density at radius 3 is 2.32 bits per heavy atom. The molecule has 0 unspecified atom stereocenters. The summed E-state index contributed by atoms with van der Waals surface area (Å²) < 4.78 is 15.1. The predicted octanol–water partition coefficient (Wildman–Crippen LogP) is 1.82. The second kappa shape index (κ2) is 7.77. The average Bonchev–Trinajstić information content (AvgIpc) is 3.09. The van der Waals surface area contributed by atoms with Gasteiger partial charge in [-0.15, -0.1) is 0 Å². The minimum absolute atomic E-state index is 0.115. The maximum absolute atomic E-state index is 13.0. The first-order chi connectivity index (χ1) is 13.4. The molecule has 3 N–H and O–H groups in total. The van der Waals surface area contributed by atoms with Gasteiger partial charge in [0.05, 0.1) is 26.2 Å². The van der Waals surface area contributed by atoms with Gasteiger partial charge in [0.2, 0.25) is 0 Å². The summed E-state index contributed by atoms with van der Waals surface area (Å²) in [4.78, 5) is 25.2. The number of hydrogen-bond acceptors (Lipinski definition) is 8. The van der Waals surface area contributed by atoms with E-state index in [1.54, 1.807) is 0 Å². The van der Waals surface area contributed by atoms with Crippen molar-refractivity contribution in [1.82, 2.24) is 0 Å². The minimum Gasteiger partial charge on any atom is -0.504 e. The Morgan fingerprint density at radius 2 is 1.68 bits per heavy atom. The number of ketones is 1. The molecule has 3 rings (SSSR count). The summed E-state index contributed by atoms with van der Waals surface area (Å²) in [6.07, 6.45) is -1.34. The number of ether oxygens (including phenoxy) is 3. The fourth-order valence-electron chi connectivity index (χ4n) is 3.25. The number of phenols is 2. The Labute approximate surface area is 160 Å². The molecule has 8 nitrogen and oxygen atoms in total. The molecule has 0 spiro atoms. The molecule has 28 heavy (non-hydrogen) atoms. The van der Waals surface area contributed by atoms with Gasteiger partial charge in [0.1, 0.15) is 12.5 Å². The van der Waals surface area contributed by atoms with Crippen LogP contribution in [0.4, 0.5) is 0 Å². The Hall–Kier alpha value is -3.26. The number of carbonyl (C=O) groups is 2. The van der Waals surface area contributed by atoms with Gasteiger partial charge in [-0.3, -0.25) is 9.59 Å². The summed E-state index contributed by atoms with van der Waals surface area (Å²) in [6.45, 7) is -0.169. The number of aromatic hydroxyl groups is 2. The SMILES string of the molecule is COc1cc(C(=O)[C@H]2COC(=O)[C@@H]2[C@@H](O)c2ccc(O)c(OC)c2)ccc1O. The molecular formula is C20H20O8. The van der Waals surface area contributed by atoms with Crippen molar-refractivity contribution in [3.05, 3.63) is 47.5 Å². The standard InChI is InChI=1S/C20H20O8/c1-26-15-7-10(3-5-13(15)21)18(23)12-9-28-20(25)17(12)19(24)11-4-6-14(22)16(8-11)27-2/h3-8,12,17,19,21-22,24H,9H2,1-2H3/t12-,17-,19-/m0/s1. The van der Waals surface area contributed by atoms with Gasteiger partial charge in [0.15, 0.2) is 28.8 Å². The molecule has 0 aliphatic carbocycles. The first kappa shape index (κ1) is 19.5. The number of hydrogen-bond donors (Lipinski definition) is 3.